The second-order valence-corrected chi connectivity index (χ2v) is 3.65. The fourth-order valence-electron chi connectivity index (χ4n) is 1.35. The Balaban J connectivity index is 2.52. The molecule has 76 valence electrons. The molecule has 0 aliphatic heterocycles. The Kier molecular flexibility index (Phi) is 2.57. The first-order valence-corrected chi connectivity index (χ1v) is 5.04. The highest BCUT2D eigenvalue weighted by Gasteiger charge is 2.14. The number of hydrogen-bond donors (Lipinski definition) is 0. The number of nitriles is 1. The molecule has 0 N–H and O–H groups in total. The molecule has 0 fully saturated rings. The van der Waals surface area contributed by atoms with Gasteiger partial charge in [0, 0.05) is 6.20 Å². The smallest absolute Gasteiger partial charge is 0.168 e. The van der Waals surface area contributed by atoms with Gasteiger partial charge in [-0.1, -0.05) is 18.5 Å². The van der Waals surface area contributed by atoms with Gasteiger partial charge in [-0.3, -0.25) is 0 Å². The maximum absolute atomic E-state index is 8.89. The monoisotopic (exact) mass is 220 g/mol. The molecule has 0 amide bonds. The van der Waals surface area contributed by atoms with Crippen molar-refractivity contribution < 1.29 is 0 Å². The van der Waals surface area contributed by atoms with E-state index in [2.05, 4.69) is 16.2 Å². The van der Waals surface area contributed by atoms with Gasteiger partial charge in [0.25, 0.3) is 0 Å². The van der Waals surface area contributed by atoms with Crippen LogP contribution in [0.15, 0.2) is 18.3 Å². The molecule has 5 heteroatoms. The summed E-state index contributed by atoms with van der Waals surface area (Å²) < 4.78 is 1.59. The number of rotatable bonds is 2. The molecule has 15 heavy (non-hydrogen) atoms. The number of hydrogen-bond acceptors (Lipinski definition) is 3. The fraction of sp³-hybridized carbons (Fsp3) is 0.300. The molecule has 0 radical (unpaired) electrons. The first-order chi connectivity index (χ1) is 7.24. The third-order valence-corrected chi connectivity index (χ3v) is 2.41. The normalized spacial score (nSPS) is 12.6. The number of nitrogens with zero attached hydrogens (tertiary/aromatic N) is 4. The van der Waals surface area contributed by atoms with Crippen molar-refractivity contribution >= 4 is 17.2 Å². The van der Waals surface area contributed by atoms with Crippen LogP contribution in [0.2, 0.25) is 5.02 Å². The van der Waals surface area contributed by atoms with Gasteiger partial charge in [-0.25, -0.2) is 9.50 Å². The first-order valence-electron chi connectivity index (χ1n) is 4.66. The average molecular weight is 221 g/mol. The molecule has 2 rings (SSSR count). The minimum absolute atomic E-state index is 0.247. The zero-order chi connectivity index (χ0) is 10.8. The molecule has 0 saturated carbocycles. The van der Waals surface area contributed by atoms with Gasteiger partial charge in [0.1, 0.15) is 5.92 Å². The zero-order valence-electron chi connectivity index (χ0n) is 8.18. The van der Waals surface area contributed by atoms with Crippen molar-refractivity contribution in [2.24, 2.45) is 0 Å². The topological polar surface area (TPSA) is 54.0 Å². The van der Waals surface area contributed by atoms with Crippen LogP contribution in [-0.4, -0.2) is 14.6 Å². The zero-order valence-corrected chi connectivity index (χ0v) is 8.94. The maximum Gasteiger partial charge on any atom is 0.168 e. The molecule has 0 spiro atoms. The maximum atomic E-state index is 8.89. The predicted molar refractivity (Wildman–Crippen MR) is 56.6 cm³/mol. The van der Waals surface area contributed by atoms with Crippen LogP contribution in [0.25, 0.3) is 5.65 Å². The minimum atomic E-state index is -0.247. The van der Waals surface area contributed by atoms with Crippen LogP contribution in [0.4, 0.5) is 0 Å². The summed E-state index contributed by atoms with van der Waals surface area (Å²) in [5.41, 5.74) is 0.711. The van der Waals surface area contributed by atoms with Crippen molar-refractivity contribution in [3.8, 4) is 6.07 Å². The van der Waals surface area contributed by atoms with Crippen molar-refractivity contribution in [2.75, 3.05) is 0 Å². The largest absolute Gasteiger partial charge is 0.219 e. The Labute approximate surface area is 92.1 Å². The van der Waals surface area contributed by atoms with E-state index in [9.17, 15) is 0 Å². The van der Waals surface area contributed by atoms with Gasteiger partial charge >= 0.3 is 0 Å². The van der Waals surface area contributed by atoms with Gasteiger partial charge in [-0.15, -0.1) is 5.10 Å². The molecule has 2 heterocycles. The molecule has 4 nitrogen and oxygen atoms in total. The summed E-state index contributed by atoms with van der Waals surface area (Å²) in [5.74, 6) is 0.311. The lowest BCUT2D eigenvalue weighted by molar-refractivity contribution is 0.745. The first kappa shape index (κ1) is 9.94. The van der Waals surface area contributed by atoms with Gasteiger partial charge < -0.3 is 0 Å². The van der Waals surface area contributed by atoms with Crippen LogP contribution in [0.1, 0.15) is 25.1 Å². The SMILES string of the molecule is CCC(C#N)c1nc2ccc(Cl)cn2n1. The molecule has 0 aromatic carbocycles. The lowest BCUT2D eigenvalue weighted by atomic mass is 10.1. The summed E-state index contributed by atoms with van der Waals surface area (Å²) in [5, 5.41) is 13.7. The molecule has 0 aliphatic rings. The highest BCUT2D eigenvalue weighted by atomic mass is 35.5. The number of pyridine rings is 1. The molecule has 0 bridgehead atoms. The molecule has 2 aromatic rings. The van der Waals surface area contributed by atoms with Crippen molar-refractivity contribution in [1.29, 1.82) is 5.26 Å². The second kappa shape index (κ2) is 3.87. The Morgan fingerprint density at radius 3 is 3.07 bits per heavy atom. The van der Waals surface area contributed by atoms with E-state index in [0.29, 0.717) is 22.9 Å². The van der Waals surface area contributed by atoms with Crippen LogP contribution in [-0.2, 0) is 0 Å². The second-order valence-electron chi connectivity index (χ2n) is 3.21. The highest BCUT2D eigenvalue weighted by molar-refractivity contribution is 6.30. The summed E-state index contributed by atoms with van der Waals surface area (Å²) in [7, 11) is 0. The highest BCUT2D eigenvalue weighted by Crippen LogP contribution is 2.16. The number of fused-ring (bicyclic) bond motifs is 1. The summed E-state index contributed by atoms with van der Waals surface area (Å²) in [6, 6.07) is 5.71. The molecule has 0 saturated heterocycles. The van der Waals surface area contributed by atoms with E-state index >= 15 is 0 Å². The van der Waals surface area contributed by atoms with Gasteiger partial charge in [0.2, 0.25) is 0 Å². The van der Waals surface area contributed by atoms with Gasteiger partial charge in [0.15, 0.2) is 11.5 Å². The third-order valence-electron chi connectivity index (χ3n) is 2.19. The van der Waals surface area contributed by atoms with E-state index in [1.165, 1.54) is 0 Å². The number of aromatic nitrogens is 3. The minimum Gasteiger partial charge on any atom is -0.219 e. The fourth-order valence-corrected chi connectivity index (χ4v) is 1.51. The van der Waals surface area contributed by atoms with E-state index in [4.69, 9.17) is 16.9 Å². The Morgan fingerprint density at radius 1 is 1.60 bits per heavy atom. The Morgan fingerprint density at radius 2 is 2.40 bits per heavy atom. The van der Waals surface area contributed by atoms with Gasteiger partial charge in [0.05, 0.1) is 11.1 Å². The van der Waals surface area contributed by atoms with Crippen molar-refractivity contribution in [1.82, 2.24) is 14.6 Å². The predicted octanol–water partition coefficient (Wildman–Crippen LogP) is 2.40. The third kappa shape index (κ3) is 1.79. The average Bonchev–Trinajstić information content (AvgIpc) is 2.62. The molecule has 1 unspecified atom stereocenters. The van der Waals surface area contributed by atoms with E-state index in [1.54, 1.807) is 22.8 Å². The van der Waals surface area contributed by atoms with Crippen LogP contribution in [0.5, 0.6) is 0 Å². The van der Waals surface area contributed by atoms with Crippen LogP contribution in [0.3, 0.4) is 0 Å². The molecule has 1 atom stereocenters. The molecular weight excluding hydrogens is 212 g/mol. The lowest BCUT2D eigenvalue weighted by Crippen LogP contribution is -1.96. The van der Waals surface area contributed by atoms with Crippen molar-refractivity contribution in [3.63, 3.8) is 0 Å². The van der Waals surface area contributed by atoms with Gasteiger partial charge in [-0.2, -0.15) is 5.26 Å². The summed E-state index contributed by atoms with van der Waals surface area (Å²) in [6.07, 6.45) is 2.39. The Bertz CT molecular complexity index is 526. The van der Waals surface area contributed by atoms with Crippen LogP contribution < -0.4 is 0 Å². The summed E-state index contributed by atoms with van der Waals surface area (Å²) in [6.45, 7) is 1.94. The van der Waals surface area contributed by atoms with Crippen molar-refractivity contribution in [2.45, 2.75) is 19.3 Å². The summed E-state index contributed by atoms with van der Waals surface area (Å²) >= 11 is 5.82. The lowest BCUT2D eigenvalue weighted by Gasteiger charge is -1.96. The summed E-state index contributed by atoms with van der Waals surface area (Å²) in [4.78, 5) is 4.27. The van der Waals surface area contributed by atoms with Crippen molar-refractivity contribution in [3.05, 3.63) is 29.2 Å². The quantitative estimate of drug-likeness (QED) is 0.781. The number of halogens is 1. The van der Waals surface area contributed by atoms with Crippen LogP contribution in [0, 0.1) is 11.3 Å². The van der Waals surface area contributed by atoms with Gasteiger partial charge in [-0.05, 0) is 18.6 Å². The van der Waals surface area contributed by atoms with E-state index < -0.39 is 0 Å². The molecule has 0 aliphatic carbocycles. The van der Waals surface area contributed by atoms with Crippen LogP contribution >= 0.6 is 11.6 Å². The molecular formula is C10H9ClN4. The van der Waals surface area contributed by atoms with E-state index in [-0.39, 0.29) is 5.92 Å². The Hall–Kier alpha value is -1.60. The molecule has 2 aromatic heterocycles. The van der Waals surface area contributed by atoms with E-state index in [1.807, 2.05) is 6.92 Å². The van der Waals surface area contributed by atoms with E-state index in [0.717, 1.165) is 0 Å². The standard InChI is InChI=1S/C10H9ClN4/c1-2-7(5-12)10-13-9-4-3-8(11)6-15(9)14-10/h3-4,6-7H,2H2,1H3.